The third kappa shape index (κ3) is 7.25. The zero-order valence-corrected chi connectivity index (χ0v) is 22.8. The molecule has 10 heteroatoms. The zero-order valence-electron chi connectivity index (χ0n) is 22.0. The number of hydrogen-bond donors (Lipinski definition) is 1. The Morgan fingerprint density at radius 2 is 1.50 bits per heavy atom. The quantitative estimate of drug-likeness (QED) is 0.253. The topological polar surface area (TPSA) is 107 Å². The van der Waals surface area contributed by atoms with Gasteiger partial charge in [-0.2, -0.15) is 5.10 Å². The number of hydrogen-bond acceptors (Lipinski definition) is 7. The molecule has 3 aromatic carbocycles. The highest BCUT2D eigenvalue weighted by Gasteiger charge is 2.29. The van der Waals surface area contributed by atoms with Gasteiger partial charge in [0, 0.05) is 0 Å². The summed E-state index contributed by atoms with van der Waals surface area (Å²) < 4.78 is 45.1. The smallest absolute Gasteiger partial charge is 0.264 e. The van der Waals surface area contributed by atoms with Crippen LogP contribution in [0.4, 0.5) is 5.69 Å². The minimum Gasteiger partial charge on any atom is -0.492 e. The molecule has 38 heavy (non-hydrogen) atoms. The summed E-state index contributed by atoms with van der Waals surface area (Å²) >= 11 is 0. The van der Waals surface area contributed by atoms with Gasteiger partial charge in [-0.1, -0.05) is 29.8 Å². The maximum Gasteiger partial charge on any atom is 0.264 e. The number of carbonyl (C=O) groups excluding carboxylic acids is 1. The van der Waals surface area contributed by atoms with Crippen LogP contribution in [0.2, 0.25) is 0 Å². The van der Waals surface area contributed by atoms with Crippen molar-refractivity contribution in [2.75, 3.05) is 30.7 Å². The minimum absolute atomic E-state index is 0.0588. The molecule has 0 aliphatic heterocycles. The first-order valence-electron chi connectivity index (χ1n) is 12.3. The van der Waals surface area contributed by atoms with Crippen molar-refractivity contribution in [2.24, 2.45) is 5.10 Å². The summed E-state index contributed by atoms with van der Waals surface area (Å²) in [4.78, 5) is 13.0. The van der Waals surface area contributed by atoms with E-state index in [-0.39, 0.29) is 10.6 Å². The number of para-hydroxylation sites is 2. The number of benzene rings is 3. The fourth-order valence-corrected chi connectivity index (χ4v) is 5.00. The first-order valence-corrected chi connectivity index (χ1v) is 13.8. The number of hydrazone groups is 1. The molecular weight excluding hydrogens is 506 g/mol. The van der Waals surface area contributed by atoms with Gasteiger partial charge in [0.1, 0.15) is 12.3 Å². The molecule has 3 aromatic rings. The Bertz CT molecular complexity index is 1360. The summed E-state index contributed by atoms with van der Waals surface area (Å²) in [6.07, 6.45) is 1.45. The third-order valence-corrected chi connectivity index (χ3v) is 7.07. The van der Waals surface area contributed by atoms with E-state index >= 15 is 0 Å². The highest BCUT2D eigenvalue weighted by atomic mass is 32.2. The van der Waals surface area contributed by atoms with Gasteiger partial charge >= 0.3 is 0 Å². The molecular formula is C28H33N3O6S. The molecule has 202 valence electrons. The van der Waals surface area contributed by atoms with Gasteiger partial charge in [-0.15, -0.1) is 0 Å². The molecule has 0 unspecified atom stereocenters. The average molecular weight is 540 g/mol. The van der Waals surface area contributed by atoms with E-state index < -0.39 is 22.5 Å². The molecule has 0 fully saturated rings. The lowest BCUT2D eigenvalue weighted by molar-refractivity contribution is -0.119. The van der Waals surface area contributed by atoms with Crippen LogP contribution < -0.4 is 23.9 Å². The lowest BCUT2D eigenvalue weighted by Gasteiger charge is -2.25. The van der Waals surface area contributed by atoms with E-state index in [1.54, 1.807) is 61.5 Å². The van der Waals surface area contributed by atoms with E-state index in [0.717, 1.165) is 9.87 Å². The molecule has 1 amide bonds. The SMILES string of the molecule is CCOc1ccc(/C=N/NC(=O)CN(c2ccccc2OCC)S(=O)(=O)c2ccc(C)cc2)cc1OCC. The van der Waals surface area contributed by atoms with Crippen molar-refractivity contribution in [2.45, 2.75) is 32.6 Å². The summed E-state index contributed by atoms with van der Waals surface area (Å²) in [6, 6.07) is 18.4. The first-order chi connectivity index (χ1) is 18.3. The molecule has 0 bridgehead atoms. The number of nitrogens with one attached hydrogen (secondary N) is 1. The molecule has 0 aliphatic carbocycles. The molecule has 0 saturated heterocycles. The van der Waals surface area contributed by atoms with Crippen molar-refractivity contribution in [3.8, 4) is 17.2 Å². The number of anilines is 1. The standard InChI is InChI=1S/C28H33N3O6S/c1-5-35-25-11-9-8-10-24(25)31(38(33,34)23-15-12-21(4)13-16-23)20-28(32)30-29-19-22-14-17-26(36-6-2)27(18-22)37-7-3/h8-19H,5-7,20H2,1-4H3,(H,30,32)/b29-19+. The van der Waals surface area contributed by atoms with Gasteiger partial charge in [0.05, 0.1) is 36.6 Å². The predicted molar refractivity (Wildman–Crippen MR) is 148 cm³/mol. The third-order valence-electron chi connectivity index (χ3n) is 5.30. The monoisotopic (exact) mass is 539 g/mol. The molecule has 0 heterocycles. The van der Waals surface area contributed by atoms with E-state index in [0.29, 0.717) is 42.6 Å². The van der Waals surface area contributed by atoms with Crippen molar-refractivity contribution in [3.05, 3.63) is 77.9 Å². The number of amides is 1. The summed E-state index contributed by atoms with van der Waals surface area (Å²) in [5.41, 5.74) is 4.26. The van der Waals surface area contributed by atoms with Gasteiger partial charge < -0.3 is 14.2 Å². The number of aryl methyl sites for hydroxylation is 1. The van der Waals surface area contributed by atoms with Crippen LogP contribution in [0.25, 0.3) is 0 Å². The molecule has 0 radical (unpaired) electrons. The molecule has 0 aromatic heterocycles. The Balaban J connectivity index is 1.85. The molecule has 3 rings (SSSR count). The maximum absolute atomic E-state index is 13.6. The number of carbonyl (C=O) groups is 1. The maximum atomic E-state index is 13.6. The Labute approximate surface area is 224 Å². The number of nitrogens with zero attached hydrogens (tertiary/aromatic N) is 2. The molecule has 1 N–H and O–H groups in total. The van der Waals surface area contributed by atoms with Crippen molar-refractivity contribution in [3.63, 3.8) is 0 Å². The molecule has 0 saturated carbocycles. The lowest BCUT2D eigenvalue weighted by atomic mass is 10.2. The first kappa shape index (κ1) is 28.5. The largest absolute Gasteiger partial charge is 0.492 e. The van der Waals surface area contributed by atoms with Crippen molar-refractivity contribution in [1.82, 2.24) is 5.43 Å². The van der Waals surface area contributed by atoms with Gasteiger partial charge in [-0.25, -0.2) is 13.8 Å². The Morgan fingerprint density at radius 3 is 2.18 bits per heavy atom. The number of rotatable bonds is 13. The molecule has 0 spiro atoms. The Kier molecular flexibility index (Phi) is 10.1. The molecule has 0 aliphatic rings. The summed E-state index contributed by atoms with van der Waals surface area (Å²) in [5, 5.41) is 4.02. The fourth-order valence-electron chi connectivity index (χ4n) is 3.57. The summed E-state index contributed by atoms with van der Waals surface area (Å²) in [6.45, 7) is 8.21. The number of sulfonamides is 1. The van der Waals surface area contributed by atoms with Gasteiger partial charge in [0.2, 0.25) is 0 Å². The van der Waals surface area contributed by atoms with Gasteiger partial charge in [-0.3, -0.25) is 9.10 Å². The van der Waals surface area contributed by atoms with Crippen LogP contribution in [-0.4, -0.2) is 46.9 Å². The highest BCUT2D eigenvalue weighted by Crippen LogP contribution is 2.32. The van der Waals surface area contributed by atoms with E-state index in [1.807, 2.05) is 20.8 Å². The second-order valence-corrected chi connectivity index (χ2v) is 9.95. The van der Waals surface area contributed by atoms with Crippen LogP contribution >= 0.6 is 0 Å². The van der Waals surface area contributed by atoms with Crippen LogP contribution in [-0.2, 0) is 14.8 Å². The van der Waals surface area contributed by atoms with Crippen LogP contribution in [0.5, 0.6) is 17.2 Å². The van der Waals surface area contributed by atoms with Crippen molar-refractivity contribution >= 4 is 27.8 Å². The van der Waals surface area contributed by atoms with Gasteiger partial charge in [-0.05, 0) is 75.7 Å². The molecule has 0 atom stereocenters. The van der Waals surface area contributed by atoms with Gasteiger partial charge in [0.25, 0.3) is 15.9 Å². The van der Waals surface area contributed by atoms with Crippen LogP contribution in [0, 0.1) is 6.92 Å². The Morgan fingerprint density at radius 1 is 0.868 bits per heavy atom. The van der Waals surface area contributed by atoms with Crippen LogP contribution in [0.3, 0.4) is 0 Å². The fraction of sp³-hybridized carbons (Fsp3) is 0.286. The van der Waals surface area contributed by atoms with E-state index in [1.165, 1.54) is 18.3 Å². The van der Waals surface area contributed by atoms with E-state index in [9.17, 15) is 13.2 Å². The molecule has 9 nitrogen and oxygen atoms in total. The van der Waals surface area contributed by atoms with Gasteiger partial charge in [0.15, 0.2) is 11.5 Å². The Hall–Kier alpha value is -4.05. The van der Waals surface area contributed by atoms with E-state index in [4.69, 9.17) is 14.2 Å². The zero-order chi connectivity index (χ0) is 27.5. The second kappa shape index (κ2) is 13.5. The van der Waals surface area contributed by atoms with Crippen molar-refractivity contribution in [1.29, 1.82) is 0 Å². The summed E-state index contributed by atoms with van der Waals surface area (Å²) in [5.74, 6) is 0.895. The predicted octanol–water partition coefficient (Wildman–Crippen LogP) is 4.54. The second-order valence-electron chi connectivity index (χ2n) is 8.09. The normalized spacial score (nSPS) is 11.3. The summed E-state index contributed by atoms with van der Waals surface area (Å²) in [7, 11) is -4.10. The lowest BCUT2D eigenvalue weighted by Crippen LogP contribution is -2.39. The average Bonchev–Trinajstić information content (AvgIpc) is 2.90. The minimum atomic E-state index is -4.10. The van der Waals surface area contributed by atoms with Crippen LogP contribution in [0.15, 0.2) is 76.7 Å². The van der Waals surface area contributed by atoms with E-state index in [2.05, 4.69) is 10.5 Å². The number of ether oxygens (including phenoxy) is 3. The highest BCUT2D eigenvalue weighted by molar-refractivity contribution is 7.92. The van der Waals surface area contributed by atoms with Crippen molar-refractivity contribution < 1.29 is 27.4 Å². The van der Waals surface area contributed by atoms with Crippen LogP contribution in [0.1, 0.15) is 31.9 Å².